The summed E-state index contributed by atoms with van der Waals surface area (Å²) in [5.74, 6) is 0.227. The van der Waals surface area contributed by atoms with Crippen LogP contribution in [0.5, 0.6) is 0 Å². The van der Waals surface area contributed by atoms with Crippen molar-refractivity contribution in [3.8, 4) is 0 Å². The zero-order valence-electron chi connectivity index (χ0n) is 17.2. The van der Waals surface area contributed by atoms with E-state index in [1.807, 2.05) is 12.1 Å². The van der Waals surface area contributed by atoms with Crippen molar-refractivity contribution in [1.29, 1.82) is 0 Å². The molecule has 0 bridgehead atoms. The standard InChI is InChI=1S/C23H33N3O3/c27-22(24-16-21-4-3-15-29-21)17-5-7-18(8-6-17)23(28)25-19-9-11-20(12-10-19)26-13-1-2-14-26/h9-12,17-18,21H,1-8,13-16H2,(H,24,27)(H,25,28). The molecular formula is C23H33N3O3. The molecule has 2 heterocycles. The first-order valence-corrected chi connectivity index (χ1v) is 11.2. The molecule has 2 aliphatic heterocycles. The number of benzene rings is 1. The molecule has 29 heavy (non-hydrogen) atoms. The van der Waals surface area contributed by atoms with Crippen LogP contribution in [0.3, 0.4) is 0 Å². The number of nitrogens with one attached hydrogen (secondary N) is 2. The highest BCUT2D eigenvalue weighted by Gasteiger charge is 2.30. The van der Waals surface area contributed by atoms with E-state index in [0.29, 0.717) is 6.54 Å². The van der Waals surface area contributed by atoms with Crippen molar-refractivity contribution in [2.24, 2.45) is 11.8 Å². The highest BCUT2D eigenvalue weighted by molar-refractivity contribution is 5.93. The molecule has 2 amide bonds. The second-order valence-electron chi connectivity index (χ2n) is 8.66. The molecule has 1 atom stereocenters. The van der Waals surface area contributed by atoms with Crippen LogP contribution in [0, 0.1) is 11.8 Å². The largest absolute Gasteiger partial charge is 0.376 e. The van der Waals surface area contributed by atoms with Crippen molar-refractivity contribution < 1.29 is 14.3 Å². The van der Waals surface area contributed by atoms with E-state index in [1.54, 1.807) is 0 Å². The summed E-state index contributed by atoms with van der Waals surface area (Å²) < 4.78 is 5.56. The number of amides is 2. The van der Waals surface area contributed by atoms with E-state index in [-0.39, 0.29) is 29.8 Å². The Morgan fingerprint density at radius 3 is 2.17 bits per heavy atom. The van der Waals surface area contributed by atoms with Gasteiger partial charge in [-0.05, 0) is 75.6 Å². The average Bonchev–Trinajstić information content (AvgIpc) is 3.47. The number of hydrogen-bond acceptors (Lipinski definition) is 4. The third-order valence-electron chi connectivity index (χ3n) is 6.60. The summed E-state index contributed by atoms with van der Waals surface area (Å²) in [6.45, 7) is 3.67. The Morgan fingerprint density at radius 2 is 1.55 bits per heavy atom. The Kier molecular flexibility index (Phi) is 6.70. The van der Waals surface area contributed by atoms with E-state index in [1.165, 1.54) is 18.5 Å². The van der Waals surface area contributed by atoms with Crippen molar-refractivity contribution in [3.05, 3.63) is 24.3 Å². The normalized spacial score (nSPS) is 27.0. The van der Waals surface area contributed by atoms with Gasteiger partial charge in [0.1, 0.15) is 0 Å². The molecule has 3 fully saturated rings. The first-order valence-electron chi connectivity index (χ1n) is 11.2. The zero-order valence-corrected chi connectivity index (χ0v) is 17.2. The molecule has 2 N–H and O–H groups in total. The number of carbonyl (C=O) groups is 2. The van der Waals surface area contributed by atoms with Gasteiger partial charge in [0.2, 0.25) is 11.8 Å². The molecule has 0 radical (unpaired) electrons. The lowest BCUT2D eigenvalue weighted by Crippen LogP contribution is -2.38. The van der Waals surface area contributed by atoms with Gasteiger partial charge < -0.3 is 20.3 Å². The molecule has 0 spiro atoms. The third kappa shape index (κ3) is 5.30. The summed E-state index contributed by atoms with van der Waals surface area (Å²) in [7, 11) is 0. The van der Waals surface area contributed by atoms with Crippen molar-refractivity contribution in [2.75, 3.05) is 36.5 Å². The fourth-order valence-electron chi connectivity index (χ4n) is 4.76. The van der Waals surface area contributed by atoms with E-state index in [0.717, 1.165) is 63.9 Å². The molecule has 3 aliphatic rings. The van der Waals surface area contributed by atoms with Gasteiger partial charge in [0.25, 0.3) is 0 Å². The van der Waals surface area contributed by atoms with Crippen LogP contribution < -0.4 is 15.5 Å². The van der Waals surface area contributed by atoms with Gasteiger partial charge in [-0.15, -0.1) is 0 Å². The molecule has 6 nitrogen and oxygen atoms in total. The Bertz CT molecular complexity index is 686. The zero-order chi connectivity index (χ0) is 20.1. The number of ether oxygens (including phenoxy) is 1. The summed E-state index contributed by atoms with van der Waals surface area (Å²) in [6.07, 6.45) is 7.92. The van der Waals surface area contributed by atoms with Crippen molar-refractivity contribution in [2.45, 2.75) is 57.5 Å². The minimum Gasteiger partial charge on any atom is -0.376 e. The molecule has 1 saturated carbocycles. The third-order valence-corrected chi connectivity index (χ3v) is 6.60. The lowest BCUT2D eigenvalue weighted by molar-refractivity contribution is -0.128. The lowest BCUT2D eigenvalue weighted by Gasteiger charge is -2.27. The number of rotatable bonds is 6. The van der Waals surface area contributed by atoms with Crippen molar-refractivity contribution in [3.63, 3.8) is 0 Å². The monoisotopic (exact) mass is 399 g/mol. The second kappa shape index (κ2) is 9.61. The predicted octanol–water partition coefficient (Wildman–Crippen LogP) is 3.33. The Balaban J connectivity index is 1.20. The molecular weight excluding hydrogens is 366 g/mol. The molecule has 2 saturated heterocycles. The molecule has 0 aromatic heterocycles. The highest BCUT2D eigenvalue weighted by Crippen LogP contribution is 2.30. The van der Waals surface area contributed by atoms with Crippen LogP contribution in [0.1, 0.15) is 51.4 Å². The summed E-state index contributed by atoms with van der Waals surface area (Å²) in [5.41, 5.74) is 2.09. The van der Waals surface area contributed by atoms with Gasteiger partial charge in [-0.2, -0.15) is 0 Å². The smallest absolute Gasteiger partial charge is 0.227 e. The molecule has 1 aliphatic carbocycles. The summed E-state index contributed by atoms with van der Waals surface area (Å²) in [5, 5.41) is 6.10. The minimum absolute atomic E-state index is 0.00419. The van der Waals surface area contributed by atoms with E-state index in [2.05, 4.69) is 27.7 Å². The first-order chi connectivity index (χ1) is 14.2. The maximum atomic E-state index is 12.6. The van der Waals surface area contributed by atoms with Gasteiger partial charge in [-0.25, -0.2) is 0 Å². The van der Waals surface area contributed by atoms with Crippen LogP contribution in [0.25, 0.3) is 0 Å². The molecule has 158 valence electrons. The van der Waals surface area contributed by atoms with Crippen LogP contribution in [-0.2, 0) is 14.3 Å². The van der Waals surface area contributed by atoms with E-state index >= 15 is 0 Å². The maximum Gasteiger partial charge on any atom is 0.227 e. The van der Waals surface area contributed by atoms with Crippen molar-refractivity contribution >= 4 is 23.2 Å². The van der Waals surface area contributed by atoms with Crippen LogP contribution in [0.4, 0.5) is 11.4 Å². The maximum absolute atomic E-state index is 12.6. The predicted molar refractivity (Wildman–Crippen MR) is 114 cm³/mol. The number of hydrogen-bond donors (Lipinski definition) is 2. The average molecular weight is 400 g/mol. The SMILES string of the molecule is O=C(NCC1CCCO1)C1CCC(C(=O)Nc2ccc(N3CCCC3)cc2)CC1. The summed E-state index contributed by atoms with van der Waals surface area (Å²) >= 11 is 0. The number of carbonyl (C=O) groups excluding carboxylic acids is 2. The summed E-state index contributed by atoms with van der Waals surface area (Å²) in [6, 6.07) is 8.18. The van der Waals surface area contributed by atoms with Gasteiger partial charge in [-0.1, -0.05) is 0 Å². The fraction of sp³-hybridized carbons (Fsp3) is 0.652. The van der Waals surface area contributed by atoms with E-state index in [4.69, 9.17) is 4.74 Å². The first kappa shape index (κ1) is 20.2. The topological polar surface area (TPSA) is 70.7 Å². The lowest BCUT2D eigenvalue weighted by atomic mass is 9.81. The molecule has 1 unspecified atom stereocenters. The minimum atomic E-state index is -0.00419. The quantitative estimate of drug-likeness (QED) is 0.770. The van der Waals surface area contributed by atoms with E-state index < -0.39 is 0 Å². The molecule has 1 aromatic rings. The highest BCUT2D eigenvalue weighted by atomic mass is 16.5. The Hall–Kier alpha value is -2.08. The summed E-state index contributed by atoms with van der Waals surface area (Å²) in [4.78, 5) is 27.4. The number of anilines is 2. The van der Waals surface area contributed by atoms with Crippen LogP contribution >= 0.6 is 0 Å². The second-order valence-corrected chi connectivity index (χ2v) is 8.66. The van der Waals surface area contributed by atoms with Crippen molar-refractivity contribution in [1.82, 2.24) is 5.32 Å². The van der Waals surface area contributed by atoms with E-state index in [9.17, 15) is 9.59 Å². The van der Waals surface area contributed by atoms with Gasteiger partial charge in [-0.3, -0.25) is 9.59 Å². The molecule has 6 heteroatoms. The van der Waals surface area contributed by atoms with Crippen LogP contribution in [0.15, 0.2) is 24.3 Å². The van der Waals surface area contributed by atoms with Crippen LogP contribution in [0.2, 0.25) is 0 Å². The fourth-order valence-corrected chi connectivity index (χ4v) is 4.76. The number of nitrogens with zero attached hydrogens (tertiary/aromatic N) is 1. The molecule has 4 rings (SSSR count). The van der Waals surface area contributed by atoms with Gasteiger partial charge in [0.15, 0.2) is 0 Å². The van der Waals surface area contributed by atoms with Gasteiger partial charge >= 0.3 is 0 Å². The Labute approximate surface area is 173 Å². The van der Waals surface area contributed by atoms with Gasteiger partial charge in [0.05, 0.1) is 6.10 Å². The van der Waals surface area contributed by atoms with Crippen LogP contribution in [-0.4, -0.2) is 44.2 Å². The van der Waals surface area contributed by atoms with Gasteiger partial charge in [0, 0.05) is 49.5 Å². The molecule has 1 aromatic carbocycles. The Morgan fingerprint density at radius 1 is 0.897 bits per heavy atom.